The molecular formula is C18H23NO5S. The van der Waals surface area contributed by atoms with Crippen LogP contribution in [0.25, 0.3) is 0 Å². The average Bonchev–Trinajstić information content (AvgIpc) is 2.61. The minimum absolute atomic E-state index is 0.341. The quantitative estimate of drug-likeness (QED) is 0.722. The summed E-state index contributed by atoms with van der Waals surface area (Å²) in [4.78, 5) is 24.5. The normalized spacial score (nSPS) is 15.9. The fourth-order valence-corrected chi connectivity index (χ4v) is 4.07. The van der Waals surface area contributed by atoms with Gasteiger partial charge >= 0.3 is 5.97 Å². The summed E-state index contributed by atoms with van der Waals surface area (Å²) < 4.78 is 10.7. The number of rotatable bonds is 7. The van der Waals surface area contributed by atoms with E-state index in [2.05, 4.69) is 11.9 Å². The number of methoxy groups -OCH3 is 2. The molecule has 1 amide bonds. The van der Waals surface area contributed by atoms with Crippen molar-refractivity contribution >= 4 is 23.6 Å². The van der Waals surface area contributed by atoms with Crippen LogP contribution >= 0.6 is 11.8 Å². The number of carbonyl (C=O) groups excluding carboxylic acids is 1. The standard InChI is InChI=1S/C18H23NO5S/c1-4-5-12-10-13(11-14(23-2)15(12)24-3)16(20)19-18(17(21)22)6-8-25-9-7-18/h4,10-11H,1,5-9H2,2-3H3,(H,19,20)(H,21,22). The van der Waals surface area contributed by atoms with Crippen molar-refractivity contribution < 1.29 is 24.2 Å². The number of benzene rings is 1. The molecular weight excluding hydrogens is 342 g/mol. The number of carbonyl (C=O) groups is 2. The van der Waals surface area contributed by atoms with Gasteiger partial charge in [0.15, 0.2) is 11.5 Å². The van der Waals surface area contributed by atoms with E-state index >= 15 is 0 Å². The summed E-state index contributed by atoms with van der Waals surface area (Å²) in [6.45, 7) is 3.71. The van der Waals surface area contributed by atoms with Gasteiger partial charge in [0.05, 0.1) is 14.2 Å². The van der Waals surface area contributed by atoms with E-state index < -0.39 is 17.4 Å². The Kier molecular flexibility index (Phi) is 6.36. The molecule has 0 aromatic heterocycles. The summed E-state index contributed by atoms with van der Waals surface area (Å²) in [7, 11) is 3.03. The molecule has 0 radical (unpaired) electrons. The summed E-state index contributed by atoms with van der Waals surface area (Å²) >= 11 is 1.70. The molecule has 0 atom stereocenters. The van der Waals surface area contributed by atoms with Gasteiger partial charge in [-0.2, -0.15) is 11.8 Å². The van der Waals surface area contributed by atoms with Crippen LogP contribution in [0.2, 0.25) is 0 Å². The lowest BCUT2D eigenvalue weighted by atomic mass is 9.91. The number of hydrogen-bond donors (Lipinski definition) is 2. The molecule has 7 heteroatoms. The van der Waals surface area contributed by atoms with E-state index in [1.807, 2.05) is 0 Å². The Balaban J connectivity index is 2.36. The number of carboxylic acid groups (broad SMARTS) is 1. The Bertz CT molecular complexity index is 668. The van der Waals surface area contributed by atoms with Gasteiger partial charge in [-0.05, 0) is 42.9 Å². The van der Waals surface area contributed by atoms with Gasteiger partial charge in [-0.25, -0.2) is 4.79 Å². The van der Waals surface area contributed by atoms with Gasteiger partial charge in [-0.15, -0.1) is 6.58 Å². The maximum Gasteiger partial charge on any atom is 0.329 e. The molecule has 0 saturated carbocycles. The lowest BCUT2D eigenvalue weighted by Gasteiger charge is -2.33. The first-order valence-corrected chi connectivity index (χ1v) is 9.12. The molecule has 25 heavy (non-hydrogen) atoms. The predicted molar refractivity (Wildman–Crippen MR) is 97.8 cm³/mol. The fourth-order valence-electron chi connectivity index (χ4n) is 2.88. The van der Waals surface area contributed by atoms with Gasteiger partial charge in [-0.3, -0.25) is 4.79 Å². The zero-order valence-corrected chi connectivity index (χ0v) is 15.3. The van der Waals surface area contributed by atoms with Gasteiger partial charge < -0.3 is 19.9 Å². The first-order valence-electron chi connectivity index (χ1n) is 7.97. The van der Waals surface area contributed by atoms with Crippen molar-refractivity contribution in [1.29, 1.82) is 0 Å². The Morgan fingerprint density at radius 2 is 2.00 bits per heavy atom. The van der Waals surface area contributed by atoms with E-state index in [1.165, 1.54) is 14.2 Å². The summed E-state index contributed by atoms with van der Waals surface area (Å²) in [5.41, 5.74) is -0.118. The second kappa shape index (κ2) is 8.29. The van der Waals surface area contributed by atoms with Crippen molar-refractivity contribution in [2.75, 3.05) is 25.7 Å². The van der Waals surface area contributed by atoms with Crippen molar-refractivity contribution in [1.82, 2.24) is 5.32 Å². The Morgan fingerprint density at radius 3 is 2.52 bits per heavy atom. The smallest absolute Gasteiger partial charge is 0.329 e. The van der Waals surface area contributed by atoms with E-state index in [4.69, 9.17) is 9.47 Å². The van der Waals surface area contributed by atoms with Crippen LogP contribution in [0.4, 0.5) is 0 Å². The zero-order valence-electron chi connectivity index (χ0n) is 14.5. The van der Waals surface area contributed by atoms with Crippen molar-refractivity contribution in [3.8, 4) is 11.5 Å². The number of aliphatic carboxylic acids is 1. The van der Waals surface area contributed by atoms with Crippen molar-refractivity contribution in [3.63, 3.8) is 0 Å². The third-order valence-electron chi connectivity index (χ3n) is 4.29. The molecule has 0 bridgehead atoms. The number of carboxylic acids is 1. The number of ether oxygens (including phenoxy) is 2. The molecule has 1 fully saturated rings. The van der Waals surface area contributed by atoms with Gasteiger partial charge in [-0.1, -0.05) is 6.08 Å². The second-order valence-electron chi connectivity index (χ2n) is 5.82. The first-order chi connectivity index (χ1) is 12.0. The highest BCUT2D eigenvalue weighted by molar-refractivity contribution is 7.99. The van der Waals surface area contributed by atoms with Crippen LogP contribution in [0, 0.1) is 0 Å². The highest BCUT2D eigenvalue weighted by Gasteiger charge is 2.41. The van der Waals surface area contributed by atoms with Crippen LogP contribution in [-0.4, -0.2) is 48.2 Å². The highest BCUT2D eigenvalue weighted by Crippen LogP contribution is 2.34. The molecule has 1 heterocycles. The van der Waals surface area contributed by atoms with Crippen molar-refractivity contribution in [2.45, 2.75) is 24.8 Å². The summed E-state index contributed by atoms with van der Waals surface area (Å²) in [5.74, 6) is 0.963. The molecule has 6 nitrogen and oxygen atoms in total. The molecule has 1 aromatic rings. The van der Waals surface area contributed by atoms with Crippen LogP contribution in [-0.2, 0) is 11.2 Å². The highest BCUT2D eigenvalue weighted by atomic mass is 32.2. The SMILES string of the molecule is C=CCc1cc(C(=O)NC2(C(=O)O)CCSCC2)cc(OC)c1OC. The van der Waals surface area contributed by atoms with Gasteiger partial charge in [0, 0.05) is 11.1 Å². The molecule has 0 aliphatic carbocycles. The zero-order chi connectivity index (χ0) is 18.4. The van der Waals surface area contributed by atoms with Crippen LogP contribution in [0.5, 0.6) is 11.5 Å². The Labute approximate surface area is 151 Å². The van der Waals surface area contributed by atoms with Crippen LogP contribution in [0.15, 0.2) is 24.8 Å². The van der Waals surface area contributed by atoms with Crippen LogP contribution in [0.1, 0.15) is 28.8 Å². The van der Waals surface area contributed by atoms with E-state index in [9.17, 15) is 14.7 Å². The minimum atomic E-state index is -1.21. The number of hydrogen-bond acceptors (Lipinski definition) is 5. The number of thioether (sulfide) groups is 1. The summed E-state index contributed by atoms with van der Waals surface area (Å²) in [5, 5.41) is 12.4. The van der Waals surface area contributed by atoms with Crippen molar-refractivity contribution in [3.05, 3.63) is 35.9 Å². The first kappa shape index (κ1) is 19.2. The monoisotopic (exact) mass is 365 g/mol. The third-order valence-corrected chi connectivity index (χ3v) is 5.28. The van der Waals surface area contributed by atoms with Crippen molar-refractivity contribution in [2.24, 2.45) is 0 Å². The average molecular weight is 365 g/mol. The van der Waals surface area contributed by atoms with Gasteiger partial charge in [0.25, 0.3) is 5.91 Å². The largest absolute Gasteiger partial charge is 0.493 e. The second-order valence-corrected chi connectivity index (χ2v) is 7.04. The molecule has 1 aliphatic rings. The minimum Gasteiger partial charge on any atom is -0.493 e. The number of amides is 1. The molecule has 136 valence electrons. The Morgan fingerprint density at radius 1 is 1.32 bits per heavy atom. The maximum atomic E-state index is 12.7. The number of allylic oxidation sites excluding steroid dienone is 1. The third kappa shape index (κ3) is 4.10. The lowest BCUT2D eigenvalue weighted by Crippen LogP contribution is -2.56. The van der Waals surface area contributed by atoms with Crippen LogP contribution < -0.4 is 14.8 Å². The molecule has 0 spiro atoms. The Hall–Kier alpha value is -2.15. The summed E-state index contributed by atoms with van der Waals surface area (Å²) in [6, 6.07) is 3.25. The van der Waals surface area contributed by atoms with Gasteiger partial charge in [0.2, 0.25) is 0 Å². The number of nitrogens with one attached hydrogen (secondary N) is 1. The van der Waals surface area contributed by atoms with E-state index in [-0.39, 0.29) is 0 Å². The molecule has 2 rings (SSSR count). The van der Waals surface area contributed by atoms with Crippen LogP contribution in [0.3, 0.4) is 0 Å². The fraction of sp³-hybridized carbons (Fsp3) is 0.444. The maximum absolute atomic E-state index is 12.7. The lowest BCUT2D eigenvalue weighted by molar-refractivity contribution is -0.144. The molecule has 0 unspecified atom stereocenters. The van der Waals surface area contributed by atoms with Gasteiger partial charge in [0.1, 0.15) is 5.54 Å². The molecule has 2 N–H and O–H groups in total. The van der Waals surface area contributed by atoms with E-state index in [0.29, 0.717) is 47.8 Å². The topological polar surface area (TPSA) is 84.9 Å². The molecule has 1 aliphatic heterocycles. The predicted octanol–water partition coefficient (Wildman–Crippen LogP) is 2.51. The molecule has 1 saturated heterocycles. The molecule has 1 aromatic carbocycles. The summed E-state index contributed by atoms with van der Waals surface area (Å²) in [6.07, 6.45) is 3.02. The van der Waals surface area contributed by atoms with E-state index in [0.717, 1.165) is 5.56 Å². The van der Waals surface area contributed by atoms with E-state index in [1.54, 1.807) is 30.0 Å².